The zero-order valence-corrected chi connectivity index (χ0v) is 13.7. The highest BCUT2D eigenvalue weighted by atomic mass is 16.5. The number of piperidine rings is 1. The molecule has 2 aliphatic heterocycles. The van der Waals surface area contributed by atoms with Crippen molar-refractivity contribution < 1.29 is 4.74 Å². The molecule has 0 aromatic rings. The van der Waals surface area contributed by atoms with E-state index in [1.165, 1.54) is 51.5 Å². The summed E-state index contributed by atoms with van der Waals surface area (Å²) < 4.78 is 5.30. The van der Waals surface area contributed by atoms with Gasteiger partial charge in [0.25, 0.3) is 0 Å². The molecule has 3 heteroatoms. The summed E-state index contributed by atoms with van der Waals surface area (Å²) in [4.78, 5) is 2.67. The molecule has 118 valence electrons. The van der Waals surface area contributed by atoms with Gasteiger partial charge in [0, 0.05) is 31.8 Å². The molecule has 2 rings (SSSR count). The van der Waals surface area contributed by atoms with E-state index < -0.39 is 0 Å². The SMILES string of the molecule is CCC(CC)N(CCOC)CCC1CC2CCC(C1)N2. The summed E-state index contributed by atoms with van der Waals surface area (Å²) in [5.41, 5.74) is 0. The molecule has 3 nitrogen and oxygen atoms in total. The van der Waals surface area contributed by atoms with Crippen LogP contribution in [0, 0.1) is 5.92 Å². The van der Waals surface area contributed by atoms with Gasteiger partial charge in [-0.05, 0) is 57.4 Å². The van der Waals surface area contributed by atoms with E-state index in [2.05, 4.69) is 24.1 Å². The highest BCUT2D eigenvalue weighted by molar-refractivity contribution is 4.92. The monoisotopic (exact) mass is 282 g/mol. The van der Waals surface area contributed by atoms with Crippen LogP contribution in [0.15, 0.2) is 0 Å². The Morgan fingerprint density at radius 3 is 2.30 bits per heavy atom. The molecule has 2 unspecified atom stereocenters. The average molecular weight is 282 g/mol. The molecule has 2 heterocycles. The summed E-state index contributed by atoms with van der Waals surface area (Å²) in [6.07, 6.45) is 9.57. The molecule has 2 saturated heterocycles. The number of nitrogens with zero attached hydrogens (tertiary/aromatic N) is 1. The average Bonchev–Trinajstić information content (AvgIpc) is 2.81. The first kappa shape index (κ1) is 16.3. The van der Waals surface area contributed by atoms with E-state index in [0.29, 0.717) is 0 Å². The normalized spacial score (nSPS) is 29.6. The first-order chi connectivity index (χ1) is 9.76. The standard InChI is InChI=1S/C17H34N2O/c1-4-17(5-2)19(10-11-20-3)9-8-14-12-15-6-7-16(13-14)18-15/h14-18H,4-13H2,1-3H3. The van der Waals surface area contributed by atoms with Gasteiger partial charge >= 0.3 is 0 Å². The Morgan fingerprint density at radius 2 is 1.75 bits per heavy atom. The van der Waals surface area contributed by atoms with Crippen LogP contribution < -0.4 is 5.32 Å². The van der Waals surface area contributed by atoms with Crippen LogP contribution in [0.3, 0.4) is 0 Å². The highest BCUT2D eigenvalue weighted by Crippen LogP contribution is 2.32. The maximum atomic E-state index is 5.30. The third-order valence-corrected chi connectivity index (χ3v) is 5.44. The molecule has 2 bridgehead atoms. The molecule has 0 saturated carbocycles. The van der Waals surface area contributed by atoms with Crippen molar-refractivity contribution in [2.75, 3.05) is 26.8 Å². The number of rotatable bonds is 9. The molecule has 0 aromatic carbocycles. The number of fused-ring (bicyclic) bond motifs is 2. The van der Waals surface area contributed by atoms with E-state index in [1.807, 2.05) is 7.11 Å². The fourth-order valence-electron chi connectivity index (χ4n) is 4.25. The summed E-state index contributed by atoms with van der Waals surface area (Å²) in [5, 5.41) is 3.75. The second-order valence-electron chi connectivity index (χ2n) is 6.76. The second-order valence-corrected chi connectivity index (χ2v) is 6.76. The maximum absolute atomic E-state index is 5.30. The molecule has 0 aliphatic carbocycles. The van der Waals surface area contributed by atoms with Gasteiger partial charge in [0.15, 0.2) is 0 Å². The van der Waals surface area contributed by atoms with Crippen molar-refractivity contribution in [2.45, 2.75) is 76.9 Å². The Kier molecular flexibility index (Phi) is 6.79. The van der Waals surface area contributed by atoms with Gasteiger partial charge in [-0.3, -0.25) is 4.90 Å². The van der Waals surface area contributed by atoms with Crippen molar-refractivity contribution in [1.29, 1.82) is 0 Å². The fourth-order valence-corrected chi connectivity index (χ4v) is 4.25. The van der Waals surface area contributed by atoms with E-state index in [1.54, 1.807) is 0 Å². The lowest BCUT2D eigenvalue weighted by Crippen LogP contribution is -2.41. The largest absolute Gasteiger partial charge is 0.383 e. The summed E-state index contributed by atoms with van der Waals surface area (Å²) in [7, 11) is 1.82. The molecule has 0 spiro atoms. The summed E-state index contributed by atoms with van der Waals surface area (Å²) >= 11 is 0. The molecule has 0 radical (unpaired) electrons. The van der Waals surface area contributed by atoms with Gasteiger partial charge < -0.3 is 10.1 Å². The van der Waals surface area contributed by atoms with Crippen molar-refractivity contribution in [1.82, 2.24) is 10.2 Å². The van der Waals surface area contributed by atoms with Crippen LogP contribution in [0.2, 0.25) is 0 Å². The quantitative estimate of drug-likeness (QED) is 0.703. The van der Waals surface area contributed by atoms with Crippen LogP contribution >= 0.6 is 0 Å². The highest BCUT2D eigenvalue weighted by Gasteiger charge is 2.33. The predicted octanol–water partition coefficient (Wildman–Crippen LogP) is 3.04. The molecular weight excluding hydrogens is 248 g/mol. The lowest BCUT2D eigenvalue weighted by molar-refractivity contribution is 0.106. The van der Waals surface area contributed by atoms with E-state index in [-0.39, 0.29) is 0 Å². The summed E-state index contributed by atoms with van der Waals surface area (Å²) in [6.45, 7) is 7.87. The molecule has 2 fully saturated rings. The Balaban J connectivity index is 1.78. The van der Waals surface area contributed by atoms with Gasteiger partial charge in [-0.1, -0.05) is 13.8 Å². The van der Waals surface area contributed by atoms with Crippen LogP contribution in [0.1, 0.15) is 58.8 Å². The van der Waals surface area contributed by atoms with E-state index >= 15 is 0 Å². The van der Waals surface area contributed by atoms with Crippen molar-refractivity contribution in [2.24, 2.45) is 5.92 Å². The molecular formula is C17H34N2O. The molecule has 0 aromatic heterocycles. The minimum atomic E-state index is 0.739. The first-order valence-corrected chi connectivity index (χ1v) is 8.75. The van der Waals surface area contributed by atoms with Crippen LogP contribution in [0.25, 0.3) is 0 Å². The number of methoxy groups -OCH3 is 1. The zero-order valence-electron chi connectivity index (χ0n) is 13.7. The van der Waals surface area contributed by atoms with Crippen LogP contribution in [-0.2, 0) is 4.74 Å². The second kappa shape index (κ2) is 8.35. The van der Waals surface area contributed by atoms with E-state index in [4.69, 9.17) is 4.74 Å². The van der Waals surface area contributed by atoms with Gasteiger partial charge in [0.1, 0.15) is 0 Å². The van der Waals surface area contributed by atoms with Crippen molar-refractivity contribution >= 4 is 0 Å². The van der Waals surface area contributed by atoms with Crippen LogP contribution in [-0.4, -0.2) is 49.8 Å². The minimum absolute atomic E-state index is 0.739. The molecule has 0 amide bonds. The Bertz CT molecular complexity index is 256. The van der Waals surface area contributed by atoms with Crippen LogP contribution in [0.5, 0.6) is 0 Å². The van der Waals surface area contributed by atoms with E-state index in [9.17, 15) is 0 Å². The number of hydrogen-bond donors (Lipinski definition) is 1. The summed E-state index contributed by atoms with van der Waals surface area (Å²) in [5.74, 6) is 0.952. The van der Waals surface area contributed by atoms with Gasteiger partial charge in [0.05, 0.1) is 6.61 Å². The Labute approximate surface area is 125 Å². The lowest BCUT2D eigenvalue weighted by atomic mass is 9.89. The lowest BCUT2D eigenvalue weighted by Gasteiger charge is -2.34. The van der Waals surface area contributed by atoms with Gasteiger partial charge in [-0.2, -0.15) is 0 Å². The number of nitrogens with one attached hydrogen (secondary N) is 1. The molecule has 1 N–H and O–H groups in total. The number of hydrogen-bond acceptors (Lipinski definition) is 3. The Morgan fingerprint density at radius 1 is 1.10 bits per heavy atom. The van der Waals surface area contributed by atoms with Crippen molar-refractivity contribution in [3.63, 3.8) is 0 Å². The summed E-state index contributed by atoms with van der Waals surface area (Å²) in [6, 6.07) is 2.40. The third-order valence-electron chi connectivity index (χ3n) is 5.44. The smallest absolute Gasteiger partial charge is 0.0589 e. The predicted molar refractivity (Wildman–Crippen MR) is 85.1 cm³/mol. The topological polar surface area (TPSA) is 24.5 Å². The maximum Gasteiger partial charge on any atom is 0.0589 e. The van der Waals surface area contributed by atoms with Crippen molar-refractivity contribution in [3.05, 3.63) is 0 Å². The first-order valence-electron chi connectivity index (χ1n) is 8.75. The molecule has 20 heavy (non-hydrogen) atoms. The zero-order chi connectivity index (χ0) is 14.4. The van der Waals surface area contributed by atoms with Crippen LogP contribution in [0.4, 0.5) is 0 Å². The molecule has 2 atom stereocenters. The van der Waals surface area contributed by atoms with Gasteiger partial charge in [-0.25, -0.2) is 0 Å². The van der Waals surface area contributed by atoms with Crippen molar-refractivity contribution in [3.8, 4) is 0 Å². The minimum Gasteiger partial charge on any atom is -0.383 e. The third kappa shape index (κ3) is 4.44. The number of ether oxygens (including phenoxy) is 1. The van der Waals surface area contributed by atoms with Gasteiger partial charge in [-0.15, -0.1) is 0 Å². The molecule has 2 aliphatic rings. The Hall–Kier alpha value is -0.120. The van der Waals surface area contributed by atoms with Gasteiger partial charge in [0.2, 0.25) is 0 Å². The van der Waals surface area contributed by atoms with E-state index in [0.717, 1.165) is 37.2 Å². The fraction of sp³-hybridized carbons (Fsp3) is 1.00.